The summed E-state index contributed by atoms with van der Waals surface area (Å²) >= 11 is 0. The third kappa shape index (κ3) is 2.52. The number of rotatable bonds is 4. The van der Waals surface area contributed by atoms with Crippen molar-refractivity contribution in [3.8, 4) is 0 Å². The van der Waals surface area contributed by atoms with Crippen LogP contribution in [0.1, 0.15) is 18.9 Å². The van der Waals surface area contributed by atoms with Gasteiger partial charge in [-0.1, -0.05) is 37.3 Å². The molecule has 0 fully saturated rings. The van der Waals surface area contributed by atoms with Crippen molar-refractivity contribution in [1.82, 2.24) is 0 Å². The van der Waals surface area contributed by atoms with E-state index in [0.717, 1.165) is 18.6 Å². The van der Waals surface area contributed by atoms with Gasteiger partial charge in [0.15, 0.2) is 0 Å². The van der Waals surface area contributed by atoms with E-state index < -0.39 is 0 Å². The molecule has 1 aromatic carbocycles. The van der Waals surface area contributed by atoms with E-state index in [-0.39, 0.29) is 0 Å². The standard InChI is InChI=1S/C13H16O2/c1-2-12(13-9-14-10-15-13)8-11-6-4-3-5-7-11/h3-7,9,12H,2,8,10H2,1H3. The fraction of sp³-hybridized carbons (Fsp3) is 0.385. The maximum atomic E-state index is 5.42. The van der Waals surface area contributed by atoms with Gasteiger partial charge in [-0.3, -0.25) is 0 Å². The molecule has 0 aromatic heterocycles. The highest BCUT2D eigenvalue weighted by molar-refractivity contribution is 5.17. The minimum absolute atomic E-state index is 0.376. The van der Waals surface area contributed by atoms with Crippen LogP contribution in [-0.2, 0) is 15.9 Å². The summed E-state index contributed by atoms with van der Waals surface area (Å²) in [6, 6.07) is 10.5. The van der Waals surface area contributed by atoms with Crippen LogP contribution in [0.3, 0.4) is 0 Å². The van der Waals surface area contributed by atoms with Crippen LogP contribution in [0.5, 0.6) is 0 Å². The van der Waals surface area contributed by atoms with Crippen LogP contribution in [0.4, 0.5) is 0 Å². The summed E-state index contributed by atoms with van der Waals surface area (Å²) in [7, 11) is 0. The molecule has 1 unspecified atom stereocenters. The molecular formula is C13H16O2. The summed E-state index contributed by atoms with van der Waals surface area (Å²) in [4.78, 5) is 0. The molecule has 0 saturated heterocycles. The van der Waals surface area contributed by atoms with Crippen LogP contribution in [0, 0.1) is 5.92 Å². The minimum atomic E-state index is 0.376. The van der Waals surface area contributed by atoms with Crippen molar-refractivity contribution in [3.05, 3.63) is 47.9 Å². The van der Waals surface area contributed by atoms with Gasteiger partial charge in [0.2, 0.25) is 6.79 Å². The molecule has 1 aliphatic rings. The summed E-state index contributed by atoms with van der Waals surface area (Å²) in [5, 5.41) is 0. The van der Waals surface area contributed by atoms with Gasteiger partial charge < -0.3 is 9.47 Å². The monoisotopic (exact) mass is 204 g/mol. The summed E-state index contributed by atoms with van der Waals surface area (Å²) in [6.45, 7) is 2.55. The summed E-state index contributed by atoms with van der Waals surface area (Å²) in [5.74, 6) is 1.43. The van der Waals surface area contributed by atoms with Crippen LogP contribution in [-0.4, -0.2) is 6.79 Å². The first-order valence-electron chi connectivity index (χ1n) is 5.38. The second-order valence-electron chi connectivity index (χ2n) is 3.74. The lowest BCUT2D eigenvalue weighted by atomic mass is 9.95. The Labute approximate surface area is 90.5 Å². The maximum Gasteiger partial charge on any atom is 0.229 e. The summed E-state index contributed by atoms with van der Waals surface area (Å²) in [5.41, 5.74) is 1.35. The molecule has 80 valence electrons. The number of ether oxygens (including phenoxy) is 2. The fourth-order valence-corrected chi connectivity index (χ4v) is 1.81. The molecule has 15 heavy (non-hydrogen) atoms. The molecule has 0 spiro atoms. The van der Waals surface area contributed by atoms with Gasteiger partial charge >= 0.3 is 0 Å². The molecule has 0 amide bonds. The second-order valence-corrected chi connectivity index (χ2v) is 3.74. The number of hydrogen-bond acceptors (Lipinski definition) is 2. The molecule has 0 bridgehead atoms. The Balaban J connectivity index is 2.02. The Bertz CT molecular complexity index is 330. The van der Waals surface area contributed by atoms with E-state index in [1.807, 2.05) is 6.07 Å². The van der Waals surface area contributed by atoms with Crippen molar-refractivity contribution >= 4 is 0 Å². The third-order valence-electron chi connectivity index (χ3n) is 2.71. The van der Waals surface area contributed by atoms with Crippen LogP contribution < -0.4 is 0 Å². The Morgan fingerprint density at radius 3 is 2.67 bits per heavy atom. The fourth-order valence-electron chi connectivity index (χ4n) is 1.81. The van der Waals surface area contributed by atoms with Gasteiger partial charge in [0.1, 0.15) is 12.0 Å². The molecule has 1 heterocycles. The predicted octanol–water partition coefficient (Wildman–Crippen LogP) is 3.10. The summed E-state index contributed by atoms with van der Waals surface area (Å²) in [6.07, 6.45) is 3.84. The zero-order valence-corrected chi connectivity index (χ0v) is 8.98. The normalized spacial score (nSPS) is 16.5. The van der Waals surface area contributed by atoms with Crippen LogP contribution in [0.15, 0.2) is 42.4 Å². The van der Waals surface area contributed by atoms with Gasteiger partial charge in [-0.15, -0.1) is 0 Å². The molecule has 2 nitrogen and oxygen atoms in total. The lowest BCUT2D eigenvalue weighted by Gasteiger charge is -2.14. The average molecular weight is 204 g/mol. The maximum absolute atomic E-state index is 5.42. The van der Waals surface area contributed by atoms with Crippen LogP contribution in [0.25, 0.3) is 0 Å². The predicted molar refractivity (Wildman–Crippen MR) is 59.0 cm³/mol. The van der Waals surface area contributed by atoms with Crippen molar-refractivity contribution in [2.45, 2.75) is 19.8 Å². The molecule has 0 saturated carbocycles. The first kappa shape index (κ1) is 10.1. The lowest BCUT2D eigenvalue weighted by molar-refractivity contribution is 0.0701. The second kappa shape index (κ2) is 4.87. The highest BCUT2D eigenvalue weighted by Crippen LogP contribution is 2.24. The molecule has 1 aromatic rings. The van der Waals surface area contributed by atoms with Crippen LogP contribution in [0.2, 0.25) is 0 Å². The van der Waals surface area contributed by atoms with Gasteiger partial charge in [-0.05, 0) is 18.4 Å². The Hall–Kier alpha value is -1.44. The van der Waals surface area contributed by atoms with Crippen molar-refractivity contribution in [2.24, 2.45) is 5.92 Å². The molecular weight excluding hydrogens is 188 g/mol. The van der Waals surface area contributed by atoms with E-state index in [9.17, 15) is 0 Å². The smallest absolute Gasteiger partial charge is 0.229 e. The summed E-state index contributed by atoms with van der Waals surface area (Å²) < 4.78 is 10.5. The molecule has 2 heteroatoms. The molecule has 1 atom stereocenters. The van der Waals surface area contributed by atoms with E-state index in [2.05, 4.69) is 31.2 Å². The van der Waals surface area contributed by atoms with Gasteiger partial charge in [0.05, 0.1) is 0 Å². The van der Waals surface area contributed by atoms with Crippen molar-refractivity contribution < 1.29 is 9.47 Å². The highest BCUT2D eigenvalue weighted by Gasteiger charge is 2.18. The highest BCUT2D eigenvalue weighted by atomic mass is 16.7. The van der Waals surface area contributed by atoms with E-state index in [0.29, 0.717) is 12.7 Å². The van der Waals surface area contributed by atoms with Crippen molar-refractivity contribution in [2.75, 3.05) is 6.79 Å². The average Bonchev–Trinajstić information content (AvgIpc) is 2.81. The minimum Gasteiger partial charge on any atom is -0.462 e. The van der Waals surface area contributed by atoms with E-state index >= 15 is 0 Å². The molecule has 2 rings (SSSR count). The molecule has 0 N–H and O–H groups in total. The lowest BCUT2D eigenvalue weighted by Crippen LogP contribution is -2.07. The Morgan fingerprint density at radius 1 is 1.27 bits per heavy atom. The zero-order valence-electron chi connectivity index (χ0n) is 8.98. The van der Waals surface area contributed by atoms with E-state index in [1.54, 1.807) is 6.26 Å². The SMILES string of the molecule is CCC(Cc1ccccc1)C1=COCO1. The molecule has 1 aliphatic heterocycles. The van der Waals surface area contributed by atoms with Gasteiger partial charge in [0, 0.05) is 5.92 Å². The largest absolute Gasteiger partial charge is 0.462 e. The van der Waals surface area contributed by atoms with Gasteiger partial charge in [-0.25, -0.2) is 0 Å². The molecule has 0 aliphatic carbocycles. The van der Waals surface area contributed by atoms with Gasteiger partial charge in [0.25, 0.3) is 0 Å². The first-order chi connectivity index (χ1) is 7.40. The Morgan fingerprint density at radius 2 is 2.07 bits per heavy atom. The number of allylic oxidation sites excluding steroid dienone is 1. The van der Waals surface area contributed by atoms with E-state index in [4.69, 9.17) is 9.47 Å². The van der Waals surface area contributed by atoms with Crippen molar-refractivity contribution in [3.63, 3.8) is 0 Å². The topological polar surface area (TPSA) is 18.5 Å². The quantitative estimate of drug-likeness (QED) is 0.750. The van der Waals surface area contributed by atoms with Crippen molar-refractivity contribution in [1.29, 1.82) is 0 Å². The third-order valence-corrected chi connectivity index (χ3v) is 2.71. The van der Waals surface area contributed by atoms with E-state index in [1.165, 1.54) is 5.56 Å². The first-order valence-corrected chi connectivity index (χ1v) is 5.38. The number of hydrogen-bond donors (Lipinski definition) is 0. The molecule has 0 radical (unpaired) electrons. The Kier molecular flexibility index (Phi) is 3.28. The van der Waals surface area contributed by atoms with Crippen LogP contribution >= 0.6 is 0 Å². The number of benzene rings is 1. The zero-order chi connectivity index (χ0) is 10.5. The van der Waals surface area contributed by atoms with Gasteiger partial charge in [-0.2, -0.15) is 0 Å².